The second-order valence-electron chi connectivity index (χ2n) is 6.01. The minimum atomic E-state index is -0.452. The second-order valence-corrected chi connectivity index (χ2v) is 6.01. The number of aromatic nitrogens is 2. The van der Waals surface area contributed by atoms with Crippen molar-refractivity contribution in [1.29, 1.82) is 0 Å². The highest BCUT2D eigenvalue weighted by Gasteiger charge is 2.33. The number of amides is 1. The maximum Gasteiger partial charge on any atom is 0.271 e. The fourth-order valence-corrected chi connectivity index (χ4v) is 3.11. The minimum Gasteiger partial charge on any atom is -0.310 e. The zero-order chi connectivity index (χ0) is 18.3. The molecule has 2 aromatic carbocycles. The third-order valence-corrected chi connectivity index (χ3v) is 4.43. The van der Waals surface area contributed by atoms with Gasteiger partial charge in [0.25, 0.3) is 11.5 Å². The van der Waals surface area contributed by atoms with Crippen molar-refractivity contribution in [3.8, 4) is 0 Å². The molecule has 0 unspecified atom stereocenters. The largest absolute Gasteiger partial charge is 0.310 e. The van der Waals surface area contributed by atoms with Gasteiger partial charge in [-0.2, -0.15) is 0 Å². The molecule has 4 rings (SSSR count). The van der Waals surface area contributed by atoms with Crippen LogP contribution in [0.4, 0.5) is 5.69 Å². The highest BCUT2D eigenvalue weighted by molar-refractivity contribution is 6.51. The summed E-state index contributed by atoms with van der Waals surface area (Å²) in [5, 5.41) is 5.64. The van der Waals surface area contributed by atoms with Gasteiger partial charge in [0.05, 0.1) is 16.3 Å². The zero-order valence-electron chi connectivity index (χ0n) is 13.9. The van der Waals surface area contributed by atoms with Crippen LogP contribution in [0.3, 0.4) is 0 Å². The number of nitrogens with zero attached hydrogens (tertiary/aromatic N) is 1. The summed E-state index contributed by atoms with van der Waals surface area (Å²) in [7, 11) is 1.61. The van der Waals surface area contributed by atoms with E-state index >= 15 is 0 Å². The number of para-hydroxylation sites is 1. The number of benzene rings is 2. The Morgan fingerprint density at radius 1 is 0.885 bits per heavy atom. The normalized spacial score (nSPS) is 16.8. The Bertz CT molecular complexity index is 1200. The molecule has 1 aliphatic heterocycles. The summed E-state index contributed by atoms with van der Waals surface area (Å²) in [6, 6.07) is 16.2. The van der Waals surface area contributed by atoms with E-state index in [9.17, 15) is 14.4 Å². The minimum absolute atomic E-state index is 0.0493. The smallest absolute Gasteiger partial charge is 0.271 e. The van der Waals surface area contributed by atoms with Crippen molar-refractivity contribution in [1.82, 2.24) is 10.2 Å². The van der Waals surface area contributed by atoms with Crippen LogP contribution in [0.15, 0.2) is 59.4 Å². The van der Waals surface area contributed by atoms with Gasteiger partial charge in [-0.05, 0) is 23.8 Å². The van der Waals surface area contributed by atoms with Gasteiger partial charge in [-0.25, -0.2) is 0 Å². The summed E-state index contributed by atoms with van der Waals surface area (Å²) in [5.41, 5.74) is 1.34. The Morgan fingerprint density at radius 3 is 2.35 bits per heavy atom. The number of anilines is 1. The molecule has 6 heteroatoms. The van der Waals surface area contributed by atoms with Crippen molar-refractivity contribution >= 4 is 29.0 Å². The topological polar surface area (TPSA) is 86.0 Å². The van der Waals surface area contributed by atoms with Crippen LogP contribution in [0.25, 0.3) is 11.6 Å². The number of aromatic amines is 2. The highest BCUT2D eigenvalue weighted by atomic mass is 16.2. The second kappa shape index (κ2) is 6.00. The number of H-pyrrole nitrogens is 2. The van der Waals surface area contributed by atoms with Gasteiger partial charge in [-0.1, -0.05) is 42.5 Å². The predicted octanol–water partition coefficient (Wildman–Crippen LogP) is 0.542. The van der Waals surface area contributed by atoms with Gasteiger partial charge in [-0.3, -0.25) is 24.6 Å². The van der Waals surface area contributed by atoms with Gasteiger partial charge in [0, 0.05) is 12.6 Å². The van der Waals surface area contributed by atoms with Crippen LogP contribution in [-0.2, 0) is 4.79 Å². The van der Waals surface area contributed by atoms with Crippen molar-refractivity contribution < 1.29 is 9.59 Å². The fourth-order valence-electron chi connectivity index (χ4n) is 3.11. The number of nitrogens with one attached hydrogen (secondary N) is 2. The summed E-state index contributed by atoms with van der Waals surface area (Å²) in [6.07, 6.45) is 1.65. The molecule has 3 aromatic rings. The molecule has 2 N–H and O–H groups in total. The molecular weight excluding hydrogens is 330 g/mol. The molecule has 1 aromatic heterocycles. The Balaban J connectivity index is 2.06. The van der Waals surface area contributed by atoms with Crippen molar-refractivity contribution in [2.45, 2.75) is 0 Å². The molecule has 2 heterocycles. The monoisotopic (exact) mass is 345 g/mol. The first kappa shape index (κ1) is 15.8. The van der Waals surface area contributed by atoms with Crippen molar-refractivity contribution in [3.63, 3.8) is 0 Å². The lowest BCUT2D eigenvalue weighted by molar-refractivity contribution is -0.113. The summed E-state index contributed by atoms with van der Waals surface area (Å²) in [6.45, 7) is 0. The molecule has 0 saturated carbocycles. The van der Waals surface area contributed by atoms with Crippen LogP contribution >= 0.6 is 0 Å². The molecule has 0 aliphatic carbocycles. The quantitative estimate of drug-likeness (QED) is 0.675. The van der Waals surface area contributed by atoms with Gasteiger partial charge < -0.3 is 4.90 Å². The number of ketones is 1. The molecular formula is C20H15N3O3. The first-order valence-electron chi connectivity index (χ1n) is 8.07. The van der Waals surface area contributed by atoms with Crippen molar-refractivity contribution in [2.75, 3.05) is 11.9 Å². The molecule has 0 bridgehead atoms. The molecule has 6 nitrogen and oxygen atoms in total. The number of carbonyl (C=O) groups is 2. The molecule has 26 heavy (non-hydrogen) atoms. The van der Waals surface area contributed by atoms with E-state index in [1.807, 2.05) is 30.3 Å². The Morgan fingerprint density at radius 2 is 1.58 bits per heavy atom. The van der Waals surface area contributed by atoms with E-state index in [1.165, 1.54) is 4.90 Å². The van der Waals surface area contributed by atoms with E-state index < -0.39 is 17.2 Å². The predicted molar refractivity (Wildman–Crippen MR) is 98.3 cm³/mol. The molecule has 0 spiro atoms. The number of rotatable bonds is 1. The third-order valence-electron chi connectivity index (χ3n) is 4.43. The Labute approximate surface area is 148 Å². The third kappa shape index (κ3) is 2.39. The van der Waals surface area contributed by atoms with E-state index in [2.05, 4.69) is 10.2 Å². The van der Waals surface area contributed by atoms with Crippen LogP contribution in [0, 0.1) is 0 Å². The van der Waals surface area contributed by atoms with Crippen LogP contribution in [0.2, 0.25) is 0 Å². The molecule has 1 amide bonds. The molecule has 0 radical (unpaired) electrons. The highest BCUT2D eigenvalue weighted by Crippen LogP contribution is 2.28. The molecule has 1 aliphatic rings. The van der Waals surface area contributed by atoms with Crippen LogP contribution in [0.1, 0.15) is 15.9 Å². The summed E-state index contributed by atoms with van der Waals surface area (Å²) in [4.78, 5) is 39.5. The van der Waals surface area contributed by atoms with Gasteiger partial charge in [0.2, 0.25) is 5.78 Å². The average molecular weight is 345 g/mol. The Hall–Kier alpha value is -3.67. The number of hydrogen-bond donors (Lipinski definition) is 2. The fraction of sp³-hybridized carbons (Fsp3) is 0.0500. The maximum absolute atomic E-state index is 13.0. The van der Waals surface area contributed by atoms with E-state index in [0.29, 0.717) is 11.3 Å². The molecule has 0 saturated heterocycles. The van der Waals surface area contributed by atoms with Crippen molar-refractivity contribution in [2.24, 2.45) is 0 Å². The van der Waals surface area contributed by atoms with Gasteiger partial charge in [-0.15, -0.1) is 0 Å². The average Bonchev–Trinajstić information content (AvgIpc) is 3.01. The number of hydrogen-bond acceptors (Lipinski definition) is 3. The lowest BCUT2D eigenvalue weighted by Crippen LogP contribution is -2.44. The lowest BCUT2D eigenvalue weighted by atomic mass is 9.95. The molecule has 128 valence electrons. The summed E-state index contributed by atoms with van der Waals surface area (Å²) in [5.74, 6) is -0.853. The van der Waals surface area contributed by atoms with Gasteiger partial charge in [0.1, 0.15) is 5.57 Å². The first-order chi connectivity index (χ1) is 12.6. The van der Waals surface area contributed by atoms with Crippen LogP contribution < -0.4 is 21.0 Å². The van der Waals surface area contributed by atoms with E-state index in [0.717, 1.165) is 5.56 Å². The SMILES string of the molecule is CN1C(=O)C(=c2[nH][nH]c(=O)c2=Cc2ccccc2)C(=O)c2ccccc21. The molecule has 0 atom stereocenters. The van der Waals surface area contributed by atoms with E-state index in [4.69, 9.17) is 0 Å². The summed E-state index contributed by atoms with van der Waals surface area (Å²) >= 11 is 0. The van der Waals surface area contributed by atoms with Gasteiger partial charge >= 0.3 is 0 Å². The Kier molecular flexibility index (Phi) is 3.65. The first-order valence-corrected chi connectivity index (χ1v) is 8.07. The van der Waals surface area contributed by atoms with Crippen LogP contribution in [0.5, 0.6) is 0 Å². The van der Waals surface area contributed by atoms with E-state index in [1.54, 1.807) is 37.4 Å². The lowest BCUT2D eigenvalue weighted by Gasteiger charge is -2.25. The number of carbonyl (C=O) groups excluding carboxylic acids is 2. The summed E-state index contributed by atoms with van der Waals surface area (Å²) < 4.78 is 0. The van der Waals surface area contributed by atoms with Gasteiger partial charge in [0.15, 0.2) is 0 Å². The van der Waals surface area contributed by atoms with Crippen molar-refractivity contribution in [3.05, 3.63) is 86.6 Å². The number of Topliss-reactive ketones (excluding diaryl/α,β-unsaturated/α-hetero) is 1. The standard InChI is InChI=1S/C20H15N3O3/c1-23-15-10-6-5-9-13(15)18(24)16(20(23)26)17-14(19(25)22-21-17)11-12-7-3-2-4-8-12/h2-11,21H,1H3,(H,22,25). The zero-order valence-corrected chi connectivity index (χ0v) is 13.9. The maximum atomic E-state index is 13.0. The molecule has 0 fully saturated rings. The van der Waals surface area contributed by atoms with E-state index in [-0.39, 0.29) is 16.1 Å². The van der Waals surface area contributed by atoms with Crippen LogP contribution in [-0.4, -0.2) is 28.9 Å². The number of fused-ring (bicyclic) bond motifs is 1.